The molecule has 0 rings (SSSR count). The second kappa shape index (κ2) is 66.3. The van der Waals surface area contributed by atoms with Crippen molar-refractivity contribution in [1.82, 2.24) is 0 Å². The van der Waals surface area contributed by atoms with Crippen LogP contribution in [0.15, 0.2) is 0 Å². The topological polar surface area (TPSA) is 237 Å². The number of carbonyl (C=O) groups excluding carboxylic acids is 4. The molecule has 0 saturated heterocycles. The lowest BCUT2D eigenvalue weighted by Gasteiger charge is -2.21. The first-order valence-electron chi connectivity index (χ1n) is 39.7. The van der Waals surface area contributed by atoms with Gasteiger partial charge in [0.15, 0.2) is 12.2 Å². The fourth-order valence-electron chi connectivity index (χ4n) is 11.7. The molecule has 0 aliphatic heterocycles. The monoisotopic (exact) mass is 1410 g/mol. The van der Waals surface area contributed by atoms with Crippen LogP contribution in [0.25, 0.3) is 0 Å². The molecular formula is C77H150O17P2. The summed E-state index contributed by atoms with van der Waals surface area (Å²) in [5, 5.41) is 10.6. The van der Waals surface area contributed by atoms with Gasteiger partial charge in [0.2, 0.25) is 0 Å². The van der Waals surface area contributed by atoms with E-state index in [0.717, 1.165) is 114 Å². The number of hydrogen-bond acceptors (Lipinski definition) is 15. The fraction of sp³-hybridized carbons (Fsp3) is 0.948. The number of aliphatic hydroxyl groups excluding tert-OH is 1. The Morgan fingerprint density at radius 1 is 0.292 bits per heavy atom. The number of aliphatic hydroxyl groups is 1. The standard InChI is InChI=1S/C77H150O17P2/c1-9-70(8)56-48-40-34-36-44-52-60-77(82)94-73(63-87-74(79)57-49-41-31-27-23-19-15-11-10-13-17-21-25-29-37-45-53-67(2)3)66-92-96(85,86)90-62-71(78)61-89-95(83,84)91-65-72(64-88-75(80)58-50-42-35-33-39-47-55-69(6)7)93-76(81)59-51-43-32-28-24-20-16-12-14-18-22-26-30-38-46-54-68(4)5/h67-73,78H,9-66H2,1-8H3,(H,83,84)(H,85,86)/t70?,71?,72-,73-/m1/s1. The van der Waals surface area contributed by atoms with Gasteiger partial charge in [-0.05, 0) is 49.4 Å². The van der Waals surface area contributed by atoms with Crippen molar-refractivity contribution in [2.75, 3.05) is 39.6 Å². The third-order valence-corrected chi connectivity index (χ3v) is 20.1. The predicted octanol–water partition coefficient (Wildman–Crippen LogP) is 22.4. The number of rotatable bonds is 74. The molecule has 0 amide bonds. The lowest BCUT2D eigenvalue weighted by atomic mass is 10.00. The van der Waals surface area contributed by atoms with Crippen LogP contribution in [0.2, 0.25) is 0 Å². The molecule has 19 heteroatoms. The molecular weight excluding hydrogens is 1260 g/mol. The maximum Gasteiger partial charge on any atom is 0.472 e. The van der Waals surface area contributed by atoms with E-state index in [4.69, 9.17) is 37.0 Å². The van der Waals surface area contributed by atoms with Gasteiger partial charge in [0, 0.05) is 25.7 Å². The molecule has 0 aliphatic carbocycles. The van der Waals surface area contributed by atoms with Crippen molar-refractivity contribution in [3.05, 3.63) is 0 Å². The van der Waals surface area contributed by atoms with E-state index in [1.165, 1.54) is 186 Å². The Balaban J connectivity index is 5.15. The van der Waals surface area contributed by atoms with Gasteiger partial charge in [0.25, 0.3) is 0 Å². The highest BCUT2D eigenvalue weighted by Crippen LogP contribution is 2.45. The summed E-state index contributed by atoms with van der Waals surface area (Å²) in [5.74, 6) is 0.890. The first kappa shape index (κ1) is 94.1. The molecule has 0 fully saturated rings. The Bertz CT molecular complexity index is 1890. The van der Waals surface area contributed by atoms with Crippen molar-refractivity contribution in [3.8, 4) is 0 Å². The fourth-order valence-corrected chi connectivity index (χ4v) is 13.3. The molecule has 0 aromatic rings. The van der Waals surface area contributed by atoms with Crippen LogP contribution in [0, 0.1) is 23.7 Å². The van der Waals surface area contributed by atoms with Crippen LogP contribution in [0.4, 0.5) is 0 Å². The molecule has 0 aromatic heterocycles. The molecule has 570 valence electrons. The van der Waals surface area contributed by atoms with Crippen LogP contribution in [0.3, 0.4) is 0 Å². The van der Waals surface area contributed by atoms with E-state index < -0.39 is 97.5 Å². The summed E-state index contributed by atoms with van der Waals surface area (Å²) in [7, 11) is -9.91. The Morgan fingerprint density at radius 3 is 0.740 bits per heavy atom. The molecule has 0 saturated carbocycles. The Labute approximate surface area is 588 Å². The van der Waals surface area contributed by atoms with Gasteiger partial charge in [-0.3, -0.25) is 37.3 Å². The SMILES string of the molecule is CCC(C)CCCCCCCCC(=O)O[C@H](COC(=O)CCCCCCCCCCCCCCCCCCC(C)C)COP(=O)(O)OCC(O)COP(=O)(O)OC[C@@H](COC(=O)CCCCCCCCC(C)C)OC(=O)CCCCCCCCCCCCCCCCCC(C)C. The van der Waals surface area contributed by atoms with E-state index in [1.807, 2.05) is 0 Å². The minimum Gasteiger partial charge on any atom is -0.462 e. The third kappa shape index (κ3) is 69.2. The van der Waals surface area contributed by atoms with E-state index in [1.54, 1.807) is 0 Å². The summed E-state index contributed by atoms with van der Waals surface area (Å²) in [6.07, 6.45) is 51.7. The van der Waals surface area contributed by atoms with Crippen molar-refractivity contribution in [1.29, 1.82) is 0 Å². The highest BCUT2D eigenvalue weighted by Gasteiger charge is 2.30. The van der Waals surface area contributed by atoms with E-state index in [2.05, 4.69) is 55.4 Å². The smallest absolute Gasteiger partial charge is 0.462 e. The quantitative estimate of drug-likeness (QED) is 0.0222. The minimum absolute atomic E-state index is 0.103. The molecule has 0 bridgehead atoms. The first-order valence-corrected chi connectivity index (χ1v) is 42.7. The van der Waals surface area contributed by atoms with E-state index in [9.17, 15) is 43.2 Å². The van der Waals surface area contributed by atoms with Crippen molar-refractivity contribution < 1.29 is 80.2 Å². The van der Waals surface area contributed by atoms with Crippen LogP contribution in [-0.4, -0.2) is 96.7 Å². The lowest BCUT2D eigenvalue weighted by Crippen LogP contribution is -2.30. The van der Waals surface area contributed by atoms with Gasteiger partial charge in [-0.15, -0.1) is 0 Å². The highest BCUT2D eigenvalue weighted by atomic mass is 31.2. The van der Waals surface area contributed by atoms with Crippen molar-refractivity contribution in [3.63, 3.8) is 0 Å². The summed E-state index contributed by atoms with van der Waals surface area (Å²) >= 11 is 0. The molecule has 96 heavy (non-hydrogen) atoms. The number of unbranched alkanes of at least 4 members (excludes halogenated alkanes) is 39. The van der Waals surface area contributed by atoms with Crippen LogP contribution < -0.4 is 0 Å². The largest absolute Gasteiger partial charge is 0.472 e. The summed E-state index contributed by atoms with van der Waals surface area (Å²) in [6, 6.07) is 0. The number of ether oxygens (including phenoxy) is 4. The molecule has 4 unspecified atom stereocenters. The van der Waals surface area contributed by atoms with Gasteiger partial charge in [0.05, 0.1) is 26.4 Å². The van der Waals surface area contributed by atoms with Crippen LogP contribution >= 0.6 is 15.6 Å². The van der Waals surface area contributed by atoms with Gasteiger partial charge < -0.3 is 33.8 Å². The summed E-state index contributed by atoms with van der Waals surface area (Å²) in [5.41, 5.74) is 0. The summed E-state index contributed by atoms with van der Waals surface area (Å²) < 4.78 is 68.5. The molecule has 0 heterocycles. The van der Waals surface area contributed by atoms with Crippen LogP contribution in [0.5, 0.6) is 0 Å². The second-order valence-electron chi connectivity index (χ2n) is 29.4. The maximum absolute atomic E-state index is 13.1. The number of hydrogen-bond donors (Lipinski definition) is 3. The van der Waals surface area contributed by atoms with Gasteiger partial charge >= 0.3 is 39.5 Å². The van der Waals surface area contributed by atoms with Gasteiger partial charge in [-0.1, -0.05) is 338 Å². The summed E-state index contributed by atoms with van der Waals surface area (Å²) in [6.45, 7) is 14.1. The molecule has 17 nitrogen and oxygen atoms in total. The molecule has 0 aromatic carbocycles. The second-order valence-corrected chi connectivity index (χ2v) is 32.3. The number of phosphoric acid groups is 2. The van der Waals surface area contributed by atoms with E-state index >= 15 is 0 Å². The van der Waals surface area contributed by atoms with Gasteiger partial charge in [-0.2, -0.15) is 0 Å². The zero-order valence-corrected chi connectivity index (χ0v) is 64.8. The molecule has 0 spiro atoms. The number of carbonyl (C=O) groups is 4. The number of phosphoric ester groups is 2. The number of esters is 4. The normalized spacial score (nSPS) is 14.4. The average Bonchev–Trinajstić information content (AvgIpc) is 2.89. The molecule has 0 aliphatic rings. The van der Waals surface area contributed by atoms with Crippen LogP contribution in [-0.2, 0) is 65.4 Å². The zero-order chi connectivity index (χ0) is 71.0. The minimum atomic E-state index is -4.96. The Kier molecular flexibility index (Phi) is 65.0. The van der Waals surface area contributed by atoms with E-state index in [-0.39, 0.29) is 25.7 Å². The summed E-state index contributed by atoms with van der Waals surface area (Å²) in [4.78, 5) is 72.8. The highest BCUT2D eigenvalue weighted by molar-refractivity contribution is 7.47. The predicted molar refractivity (Wildman–Crippen MR) is 391 cm³/mol. The molecule has 6 atom stereocenters. The molecule has 3 N–H and O–H groups in total. The Morgan fingerprint density at radius 2 is 0.500 bits per heavy atom. The van der Waals surface area contributed by atoms with Crippen LogP contribution in [0.1, 0.15) is 389 Å². The zero-order valence-electron chi connectivity index (χ0n) is 63.0. The third-order valence-electron chi connectivity index (χ3n) is 18.2. The van der Waals surface area contributed by atoms with Crippen molar-refractivity contribution in [2.45, 2.75) is 408 Å². The lowest BCUT2D eigenvalue weighted by molar-refractivity contribution is -0.161. The Hall–Kier alpha value is -1.94. The molecule has 0 radical (unpaired) electrons. The maximum atomic E-state index is 13.1. The van der Waals surface area contributed by atoms with Gasteiger partial charge in [-0.25, -0.2) is 9.13 Å². The first-order chi connectivity index (χ1) is 46.1. The van der Waals surface area contributed by atoms with Crippen molar-refractivity contribution in [2.24, 2.45) is 23.7 Å². The van der Waals surface area contributed by atoms with Crippen molar-refractivity contribution >= 4 is 39.5 Å². The van der Waals surface area contributed by atoms with E-state index in [0.29, 0.717) is 31.6 Å². The average molecular weight is 1410 g/mol. The van der Waals surface area contributed by atoms with Gasteiger partial charge in [0.1, 0.15) is 19.3 Å².